The standard InChI is InChI=1S/C30H35ClN2O3/c1-4-18-32-30(35)27(19-23-12-6-5-7-13-23)33(20-24-14-8-10-16-26(24)31)29(34)21-36-28-17-11-9-15-25(28)22(2)3/h5-17,22,27H,4,18-21H2,1-3H3,(H,32,35)/t27-/m1/s1. The molecule has 0 radical (unpaired) electrons. The van der Waals surface area contributed by atoms with Crippen LogP contribution in [-0.4, -0.2) is 35.9 Å². The van der Waals surface area contributed by atoms with Crippen molar-refractivity contribution in [2.75, 3.05) is 13.2 Å². The number of amides is 2. The number of benzene rings is 3. The average Bonchev–Trinajstić information content (AvgIpc) is 2.89. The van der Waals surface area contributed by atoms with Gasteiger partial charge in [-0.05, 0) is 41.2 Å². The molecule has 2 amide bonds. The maximum absolute atomic E-state index is 13.7. The van der Waals surface area contributed by atoms with Crippen molar-refractivity contribution in [1.29, 1.82) is 0 Å². The Bertz CT molecular complexity index is 1130. The minimum absolute atomic E-state index is 0.180. The zero-order chi connectivity index (χ0) is 25.9. The van der Waals surface area contributed by atoms with Gasteiger partial charge >= 0.3 is 0 Å². The number of para-hydroxylation sites is 1. The Morgan fingerprint density at radius 1 is 0.944 bits per heavy atom. The molecule has 0 aromatic heterocycles. The maximum atomic E-state index is 13.7. The summed E-state index contributed by atoms with van der Waals surface area (Å²) < 4.78 is 6.01. The second kappa shape index (κ2) is 13.7. The monoisotopic (exact) mass is 506 g/mol. The van der Waals surface area contributed by atoms with Gasteiger partial charge in [0.25, 0.3) is 5.91 Å². The molecule has 0 saturated heterocycles. The van der Waals surface area contributed by atoms with E-state index in [9.17, 15) is 9.59 Å². The number of ether oxygens (including phenoxy) is 1. The molecule has 0 aliphatic carbocycles. The molecule has 0 unspecified atom stereocenters. The Morgan fingerprint density at radius 2 is 1.61 bits per heavy atom. The molecule has 6 heteroatoms. The highest BCUT2D eigenvalue weighted by molar-refractivity contribution is 6.31. The van der Waals surface area contributed by atoms with E-state index >= 15 is 0 Å². The molecule has 0 heterocycles. The van der Waals surface area contributed by atoms with Crippen molar-refractivity contribution in [3.05, 3.63) is 101 Å². The maximum Gasteiger partial charge on any atom is 0.261 e. The quantitative estimate of drug-likeness (QED) is 0.327. The van der Waals surface area contributed by atoms with E-state index in [1.54, 1.807) is 11.0 Å². The summed E-state index contributed by atoms with van der Waals surface area (Å²) in [5.41, 5.74) is 2.78. The van der Waals surface area contributed by atoms with Gasteiger partial charge in [-0.1, -0.05) is 99.1 Å². The molecule has 0 bridgehead atoms. The second-order valence-electron chi connectivity index (χ2n) is 9.09. The predicted octanol–water partition coefficient (Wildman–Crippen LogP) is 6.01. The summed E-state index contributed by atoms with van der Waals surface area (Å²) in [6.07, 6.45) is 1.19. The van der Waals surface area contributed by atoms with E-state index < -0.39 is 6.04 Å². The molecule has 1 N–H and O–H groups in total. The van der Waals surface area contributed by atoms with Gasteiger partial charge in [-0.15, -0.1) is 0 Å². The van der Waals surface area contributed by atoms with Gasteiger partial charge in [0.15, 0.2) is 6.61 Å². The van der Waals surface area contributed by atoms with Crippen molar-refractivity contribution in [2.24, 2.45) is 0 Å². The summed E-state index contributed by atoms with van der Waals surface area (Å²) in [7, 11) is 0. The molecular formula is C30H35ClN2O3. The Hall–Kier alpha value is -3.31. The lowest BCUT2D eigenvalue weighted by atomic mass is 10.0. The first-order valence-corrected chi connectivity index (χ1v) is 12.8. The number of hydrogen-bond donors (Lipinski definition) is 1. The van der Waals surface area contributed by atoms with Gasteiger partial charge < -0.3 is 15.0 Å². The zero-order valence-electron chi connectivity index (χ0n) is 21.2. The van der Waals surface area contributed by atoms with E-state index in [-0.39, 0.29) is 30.9 Å². The van der Waals surface area contributed by atoms with Gasteiger partial charge in [0, 0.05) is 24.5 Å². The SMILES string of the molecule is CCCNC(=O)[C@@H](Cc1ccccc1)N(Cc1ccccc1Cl)C(=O)COc1ccccc1C(C)C. The van der Waals surface area contributed by atoms with Crippen LogP contribution in [0.2, 0.25) is 5.02 Å². The molecule has 3 aromatic rings. The van der Waals surface area contributed by atoms with Crippen LogP contribution in [0.15, 0.2) is 78.9 Å². The fourth-order valence-corrected chi connectivity index (χ4v) is 4.24. The molecule has 1 atom stereocenters. The number of halogens is 1. The van der Waals surface area contributed by atoms with Gasteiger partial charge in [-0.25, -0.2) is 0 Å². The molecule has 0 aliphatic rings. The number of carbonyl (C=O) groups excluding carboxylic acids is 2. The normalized spacial score (nSPS) is 11.7. The molecule has 0 saturated carbocycles. The van der Waals surface area contributed by atoms with E-state index in [1.807, 2.05) is 79.7 Å². The molecule has 3 aromatic carbocycles. The number of nitrogens with one attached hydrogen (secondary N) is 1. The van der Waals surface area contributed by atoms with Gasteiger partial charge in [-0.3, -0.25) is 9.59 Å². The summed E-state index contributed by atoms with van der Waals surface area (Å²) >= 11 is 6.46. The van der Waals surface area contributed by atoms with Crippen molar-refractivity contribution in [3.8, 4) is 5.75 Å². The molecule has 0 spiro atoms. The topological polar surface area (TPSA) is 58.6 Å². The van der Waals surface area contributed by atoms with E-state index in [0.717, 1.165) is 23.1 Å². The highest BCUT2D eigenvalue weighted by Gasteiger charge is 2.31. The molecule has 36 heavy (non-hydrogen) atoms. The van der Waals surface area contributed by atoms with Gasteiger partial charge in [0.1, 0.15) is 11.8 Å². The minimum Gasteiger partial charge on any atom is -0.483 e. The van der Waals surface area contributed by atoms with Crippen molar-refractivity contribution in [1.82, 2.24) is 10.2 Å². The summed E-state index contributed by atoms with van der Waals surface area (Å²) in [5.74, 6) is 0.458. The molecule has 0 aliphatic heterocycles. The van der Waals surface area contributed by atoms with Crippen LogP contribution < -0.4 is 10.1 Å². The number of rotatable bonds is 12. The first-order chi connectivity index (χ1) is 17.4. The second-order valence-corrected chi connectivity index (χ2v) is 9.50. The van der Waals surface area contributed by atoms with Crippen molar-refractivity contribution in [3.63, 3.8) is 0 Å². The number of carbonyl (C=O) groups is 2. The Labute approximate surface area is 219 Å². The Kier molecular flexibility index (Phi) is 10.4. The highest BCUT2D eigenvalue weighted by Crippen LogP contribution is 2.26. The van der Waals surface area contributed by atoms with Crippen LogP contribution in [0, 0.1) is 0 Å². The van der Waals surface area contributed by atoms with Crippen LogP contribution in [0.5, 0.6) is 5.75 Å². The summed E-state index contributed by atoms with van der Waals surface area (Å²) in [5, 5.41) is 3.53. The smallest absolute Gasteiger partial charge is 0.261 e. The van der Waals surface area contributed by atoms with E-state index in [0.29, 0.717) is 23.7 Å². The third-order valence-corrected chi connectivity index (χ3v) is 6.38. The van der Waals surface area contributed by atoms with Crippen LogP contribution in [0.25, 0.3) is 0 Å². The van der Waals surface area contributed by atoms with Crippen LogP contribution in [-0.2, 0) is 22.6 Å². The van der Waals surface area contributed by atoms with Crippen molar-refractivity contribution < 1.29 is 14.3 Å². The average molecular weight is 507 g/mol. The Morgan fingerprint density at radius 3 is 2.31 bits per heavy atom. The number of nitrogens with zero attached hydrogens (tertiary/aromatic N) is 1. The van der Waals surface area contributed by atoms with Crippen LogP contribution >= 0.6 is 11.6 Å². The van der Waals surface area contributed by atoms with Gasteiger partial charge in [0.2, 0.25) is 5.91 Å². The largest absolute Gasteiger partial charge is 0.483 e. The van der Waals surface area contributed by atoms with Crippen molar-refractivity contribution >= 4 is 23.4 Å². The summed E-state index contributed by atoms with van der Waals surface area (Å²) in [6, 6.07) is 24.1. The number of hydrogen-bond acceptors (Lipinski definition) is 3. The van der Waals surface area contributed by atoms with Crippen LogP contribution in [0.1, 0.15) is 49.8 Å². The van der Waals surface area contributed by atoms with Gasteiger partial charge in [0.05, 0.1) is 0 Å². The highest BCUT2D eigenvalue weighted by atomic mass is 35.5. The molecule has 190 valence electrons. The first kappa shape index (κ1) is 27.3. The van der Waals surface area contributed by atoms with Crippen LogP contribution in [0.4, 0.5) is 0 Å². The van der Waals surface area contributed by atoms with E-state index in [4.69, 9.17) is 16.3 Å². The fourth-order valence-electron chi connectivity index (χ4n) is 4.04. The summed E-state index contributed by atoms with van der Waals surface area (Å²) in [6.45, 7) is 6.73. The molecular weight excluding hydrogens is 472 g/mol. The molecule has 5 nitrogen and oxygen atoms in total. The zero-order valence-corrected chi connectivity index (χ0v) is 22.0. The van der Waals surface area contributed by atoms with E-state index in [1.165, 1.54) is 0 Å². The molecule has 3 rings (SSSR count). The summed E-state index contributed by atoms with van der Waals surface area (Å²) in [4.78, 5) is 28.7. The third-order valence-electron chi connectivity index (χ3n) is 6.01. The van der Waals surface area contributed by atoms with Crippen LogP contribution in [0.3, 0.4) is 0 Å². The lowest BCUT2D eigenvalue weighted by Crippen LogP contribution is -2.51. The van der Waals surface area contributed by atoms with E-state index in [2.05, 4.69) is 19.2 Å². The lowest BCUT2D eigenvalue weighted by molar-refractivity contribution is -0.142. The fraction of sp³-hybridized carbons (Fsp3) is 0.333. The third kappa shape index (κ3) is 7.59. The lowest BCUT2D eigenvalue weighted by Gasteiger charge is -2.32. The molecule has 0 fully saturated rings. The van der Waals surface area contributed by atoms with Crippen molar-refractivity contribution in [2.45, 2.75) is 52.1 Å². The predicted molar refractivity (Wildman–Crippen MR) is 145 cm³/mol. The minimum atomic E-state index is -0.716. The Balaban J connectivity index is 1.92. The van der Waals surface area contributed by atoms with Gasteiger partial charge in [-0.2, -0.15) is 0 Å². The first-order valence-electron chi connectivity index (χ1n) is 12.5.